The fourth-order valence-corrected chi connectivity index (χ4v) is 4.11. The second-order valence-electron chi connectivity index (χ2n) is 5.48. The molecule has 0 aliphatic carbocycles. The third-order valence-electron chi connectivity index (χ3n) is 3.69. The van der Waals surface area contributed by atoms with Gasteiger partial charge in [-0.2, -0.15) is 4.68 Å². The fourth-order valence-electron chi connectivity index (χ4n) is 2.34. The quantitative estimate of drug-likeness (QED) is 0.519. The number of aromatic nitrogens is 5. The van der Waals surface area contributed by atoms with E-state index in [-0.39, 0.29) is 5.91 Å². The van der Waals surface area contributed by atoms with Crippen molar-refractivity contribution in [1.82, 2.24) is 25.2 Å². The summed E-state index contributed by atoms with van der Waals surface area (Å²) in [6, 6.07) is 16.4. The molecule has 2 aromatic carbocycles. The molecule has 10 heteroatoms. The van der Waals surface area contributed by atoms with Gasteiger partial charge >= 0.3 is 0 Å². The SMILES string of the molecule is COc1ccc(-n2nnnc2Sc2ncc(NC(=O)c3ccccc3)s2)cc1. The Bertz CT molecular complexity index is 1080. The van der Waals surface area contributed by atoms with Crippen LogP contribution in [0.25, 0.3) is 5.69 Å². The number of methoxy groups -OCH3 is 1. The molecule has 4 rings (SSSR count). The second-order valence-corrected chi connectivity index (χ2v) is 7.73. The Morgan fingerprint density at radius 1 is 1.14 bits per heavy atom. The summed E-state index contributed by atoms with van der Waals surface area (Å²) < 4.78 is 7.50. The lowest BCUT2D eigenvalue weighted by Gasteiger charge is -2.04. The molecular formula is C18H14N6O2S2. The van der Waals surface area contributed by atoms with Crippen LogP contribution in [-0.2, 0) is 0 Å². The maximum Gasteiger partial charge on any atom is 0.256 e. The lowest BCUT2D eigenvalue weighted by molar-refractivity contribution is 0.102. The van der Waals surface area contributed by atoms with Crippen LogP contribution in [0.15, 0.2) is 70.3 Å². The summed E-state index contributed by atoms with van der Waals surface area (Å²) in [4.78, 5) is 16.6. The molecule has 0 radical (unpaired) electrons. The van der Waals surface area contributed by atoms with Gasteiger partial charge in [-0.05, 0) is 58.6 Å². The minimum Gasteiger partial charge on any atom is -0.497 e. The Morgan fingerprint density at radius 3 is 2.68 bits per heavy atom. The summed E-state index contributed by atoms with van der Waals surface area (Å²) >= 11 is 2.68. The molecule has 4 aromatic rings. The maximum atomic E-state index is 12.2. The van der Waals surface area contributed by atoms with Gasteiger partial charge in [-0.15, -0.1) is 5.10 Å². The highest BCUT2D eigenvalue weighted by Crippen LogP contribution is 2.33. The van der Waals surface area contributed by atoms with Crippen molar-refractivity contribution < 1.29 is 9.53 Å². The van der Waals surface area contributed by atoms with Gasteiger partial charge in [0.05, 0.1) is 19.0 Å². The first kappa shape index (κ1) is 18.1. The number of nitrogens with zero attached hydrogens (tertiary/aromatic N) is 5. The van der Waals surface area contributed by atoms with Gasteiger partial charge in [0.25, 0.3) is 5.91 Å². The first-order valence-corrected chi connectivity index (χ1v) is 9.79. The highest BCUT2D eigenvalue weighted by molar-refractivity contribution is 8.01. The topological polar surface area (TPSA) is 94.8 Å². The molecule has 8 nitrogen and oxygen atoms in total. The van der Waals surface area contributed by atoms with E-state index in [0.29, 0.717) is 20.1 Å². The van der Waals surface area contributed by atoms with Crippen molar-refractivity contribution in [3.63, 3.8) is 0 Å². The standard InChI is InChI=1S/C18H14N6O2S2/c1-26-14-9-7-13(8-10-14)24-17(21-22-23-24)28-18-19-11-15(27-18)20-16(25)12-5-3-2-4-6-12/h2-11H,1H3,(H,20,25). The van der Waals surface area contributed by atoms with Gasteiger partial charge in [-0.1, -0.05) is 29.5 Å². The normalized spacial score (nSPS) is 10.6. The highest BCUT2D eigenvalue weighted by Gasteiger charge is 2.14. The molecule has 0 saturated heterocycles. The number of ether oxygens (including phenoxy) is 1. The largest absolute Gasteiger partial charge is 0.497 e. The minimum absolute atomic E-state index is 0.177. The number of benzene rings is 2. The zero-order valence-corrected chi connectivity index (χ0v) is 16.3. The fraction of sp³-hybridized carbons (Fsp3) is 0.0556. The number of thiazole rings is 1. The summed E-state index contributed by atoms with van der Waals surface area (Å²) in [7, 11) is 1.62. The molecule has 0 fully saturated rings. The van der Waals surface area contributed by atoms with Crippen LogP contribution in [0.5, 0.6) is 5.75 Å². The molecule has 0 aliphatic heterocycles. The first-order chi connectivity index (χ1) is 13.7. The number of hydrogen-bond acceptors (Lipinski definition) is 8. The number of tetrazole rings is 1. The Labute approximate surface area is 168 Å². The second kappa shape index (κ2) is 8.19. The van der Waals surface area contributed by atoms with Crippen molar-refractivity contribution in [2.24, 2.45) is 0 Å². The third-order valence-corrected chi connectivity index (χ3v) is 5.62. The minimum atomic E-state index is -0.177. The van der Waals surface area contributed by atoms with Crippen LogP contribution in [0, 0.1) is 0 Å². The lowest BCUT2D eigenvalue weighted by Crippen LogP contribution is -2.10. The first-order valence-electron chi connectivity index (χ1n) is 8.16. The molecule has 2 heterocycles. The lowest BCUT2D eigenvalue weighted by atomic mass is 10.2. The molecule has 1 N–H and O–H groups in total. The van der Waals surface area contributed by atoms with Crippen molar-refractivity contribution in [1.29, 1.82) is 0 Å². The van der Waals surface area contributed by atoms with E-state index in [1.807, 2.05) is 42.5 Å². The van der Waals surface area contributed by atoms with Gasteiger partial charge in [-0.3, -0.25) is 4.79 Å². The van der Waals surface area contributed by atoms with E-state index in [9.17, 15) is 4.79 Å². The van der Waals surface area contributed by atoms with Gasteiger partial charge in [0.15, 0.2) is 4.34 Å². The number of carbonyl (C=O) groups is 1. The Morgan fingerprint density at radius 2 is 1.93 bits per heavy atom. The van der Waals surface area contributed by atoms with E-state index >= 15 is 0 Å². The van der Waals surface area contributed by atoms with E-state index in [1.165, 1.54) is 23.1 Å². The van der Waals surface area contributed by atoms with Gasteiger partial charge < -0.3 is 10.1 Å². The molecule has 0 saturated carbocycles. The van der Waals surface area contributed by atoms with E-state index in [0.717, 1.165) is 11.4 Å². The van der Waals surface area contributed by atoms with Crippen LogP contribution in [0.3, 0.4) is 0 Å². The number of nitrogens with one attached hydrogen (secondary N) is 1. The van der Waals surface area contributed by atoms with E-state index < -0.39 is 0 Å². The van der Waals surface area contributed by atoms with Crippen molar-refractivity contribution >= 4 is 34.0 Å². The number of hydrogen-bond donors (Lipinski definition) is 1. The summed E-state index contributed by atoms with van der Waals surface area (Å²) in [5.41, 5.74) is 1.40. The van der Waals surface area contributed by atoms with E-state index in [1.54, 1.807) is 30.1 Å². The molecule has 0 unspecified atom stereocenters. The highest BCUT2D eigenvalue weighted by atomic mass is 32.2. The van der Waals surface area contributed by atoms with Crippen LogP contribution in [-0.4, -0.2) is 38.2 Å². The third kappa shape index (κ3) is 4.02. The van der Waals surface area contributed by atoms with E-state index in [2.05, 4.69) is 25.8 Å². The Hall–Kier alpha value is -3.24. The van der Waals surface area contributed by atoms with Gasteiger partial charge in [0, 0.05) is 5.56 Å². The average Bonchev–Trinajstić information content (AvgIpc) is 3.38. The van der Waals surface area contributed by atoms with Crippen molar-refractivity contribution in [2.45, 2.75) is 9.50 Å². The molecule has 140 valence electrons. The Balaban J connectivity index is 1.47. The van der Waals surface area contributed by atoms with Crippen molar-refractivity contribution in [3.05, 3.63) is 66.4 Å². The smallest absolute Gasteiger partial charge is 0.256 e. The average molecular weight is 410 g/mol. The number of anilines is 1. The van der Waals surface area contributed by atoms with Gasteiger partial charge in [0.1, 0.15) is 10.8 Å². The summed E-state index contributed by atoms with van der Waals surface area (Å²) in [6.45, 7) is 0. The number of amides is 1. The van der Waals surface area contributed by atoms with Gasteiger partial charge in [0.2, 0.25) is 5.16 Å². The van der Waals surface area contributed by atoms with Crippen LogP contribution < -0.4 is 10.1 Å². The summed E-state index contributed by atoms with van der Waals surface area (Å²) in [5.74, 6) is 0.577. The predicted molar refractivity (Wildman–Crippen MR) is 106 cm³/mol. The predicted octanol–water partition coefficient (Wildman–Crippen LogP) is 3.53. The molecule has 0 spiro atoms. The number of carbonyl (C=O) groups excluding carboxylic acids is 1. The van der Waals surface area contributed by atoms with Crippen molar-refractivity contribution in [3.8, 4) is 11.4 Å². The maximum absolute atomic E-state index is 12.2. The molecule has 0 bridgehead atoms. The zero-order chi connectivity index (χ0) is 19.3. The van der Waals surface area contributed by atoms with E-state index in [4.69, 9.17) is 4.74 Å². The van der Waals surface area contributed by atoms with Crippen molar-refractivity contribution in [2.75, 3.05) is 12.4 Å². The monoisotopic (exact) mass is 410 g/mol. The number of rotatable bonds is 6. The van der Waals surface area contributed by atoms with Crippen LogP contribution in [0.2, 0.25) is 0 Å². The summed E-state index contributed by atoms with van der Waals surface area (Å²) in [6.07, 6.45) is 1.62. The molecular weight excluding hydrogens is 396 g/mol. The molecule has 0 aliphatic rings. The van der Waals surface area contributed by atoms with Crippen LogP contribution in [0.1, 0.15) is 10.4 Å². The summed E-state index contributed by atoms with van der Waals surface area (Å²) in [5, 5.41) is 15.9. The molecule has 2 aromatic heterocycles. The molecule has 28 heavy (non-hydrogen) atoms. The Kier molecular flexibility index (Phi) is 5.31. The van der Waals surface area contributed by atoms with Gasteiger partial charge in [-0.25, -0.2) is 4.98 Å². The molecule has 0 atom stereocenters. The van der Waals surface area contributed by atoms with Crippen LogP contribution in [0.4, 0.5) is 5.00 Å². The van der Waals surface area contributed by atoms with Crippen LogP contribution >= 0.6 is 23.1 Å². The zero-order valence-electron chi connectivity index (χ0n) is 14.6. The molecule has 1 amide bonds.